The summed E-state index contributed by atoms with van der Waals surface area (Å²) in [5.74, 6) is 2.13. The third-order valence-corrected chi connectivity index (χ3v) is 4.49. The van der Waals surface area contributed by atoms with Gasteiger partial charge in [-0.2, -0.15) is 4.68 Å². The second-order valence-electron chi connectivity index (χ2n) is 5.77. The van der Waals surface area contributed by atoms with E-state index in [4.69, 9.17) is 0 Å². The van der Waals surface area contributed by atoms with Gasteiger partial charge in [-0.15, -0.1) is 0 Å². The average Bonchev–Trinajstić information content (AvgIpc) is 2.93. The summed E-state index contributed by atoms with van der Waals surface area (Å²) in [6, 6.07) is 10.4. The van der Waals surface area contributed by atoms with E-state index in [1.165, 1.54) is 19.3 Å². The lowest BCUT2D eigenvalue weighted by molar-refractivity contribution is 0.252. The molecule has 0 bridgehead atoms. The van der Waals surface area contributed by atoms with Crippen LogP contribution in [-0.4, -0.2) is 26.2 Å². The van der Waals surface area contributed by atoms with Crippen molar-refractivity contribution in [2.24, 2.45) is 11.8 Å². The summed E-state index contributed by atoms with van der Waals surface area (Å²) in [6.45, 7) is 4.65. The van der Waals surface area contributed by atoms with Gasteiger partial charge in [0.15, 0.2) is 0 Å². The van der Waals surface area contributed by atoms with Gasteiger partial charge in [-0.1, -0.05) is 50.0 Å². The Morgan fingerprint density at radius 2 is 1.95 bits per heavy atom. The highest BCUT2D eigenvalue weighted by Crippen LogP contribution is 2.31. The first-order chi connectivity index (χ1) is 9.75. The summed E-state index contributed by atoms with van der Waals surface area (Å²) < 4.78 is 1.77. The molecular formula is C15H21N5. The molecule has 0 spiro atoms. The number of hydrogen-bond donors (Lipinski definition) is 1. The van der Waals surface area contributed by atoms with E-state index in [1.54, 1.807) is 4.68 Å². The first kappa shape index (κ1) is 13.1. The van der Waals surface area contributed by atoms with E-state index in [2.05, 4.69) is 34.7 Å². The number of nitrogens with one attached hydrogen (secondary N) is 1. The number of rotatable bonds is 3. The first-order valence-corrected chi connectivity index (χ1v) is 7.36. The van der Waals surface area contributed by atoms with Crippen molar-refractivity contribution >= 4 is 5.95 Å². The van der Waals surface area contributed by atoms with Crippen LogP contribution in [0.25, 0.3) is 5.69 Å². The van der Waals surface area contributed by atoms with E-state index < -0.39 is 0 Å². The summed E-state index contributed by atoms with van der Waals surface area (Å²) >= 11 is 0. The molecule has 106 valence electrons. The molecule has 0 aliphatic heterocycles. The Hall–Kier alpha value is -1.91. The molecular weight excluding hydrogens is 250 g/mol. The molecule has 1 aliphatic rings. The summed E-state index contributed by atoms with van der Waals surface area (Å²) in [5.41, 5.74) is 0.983. The Labute approximate surface area is 119 Å². The van der Waals surface area contributed by atoms with Crippen molar-refractivity contribution in [1.82, 2.24) is 20.2 Å². The molecule has 1 aromatic carbocycles. The second kappa shape index (κ2) is 5.61. The summed E-state index contributed by atoms with van der Waals surface area (Å²) in [5, 5.41) is 15.6. The molecule has 5 heteroatoms. The summed E-state index contributed by atoms with van der Waals surface area (Å²) in [6.07, 6.45) is 3.78. The van der Waals surface area contributed by atoms with Gasteiger partial charge in [0.1, 0.15) is 0 Å². The zero-order valence-corrected chi connectivity index (χ0v) is 12.0. The van der Waals surface area contributed by atoms with Crippen LogP contribution in [0.4, 0.5) is 5.95 Å². The van der Waals surface area contributed by atoms with Crippen molar-refractivity contribution in [3.8, 4) is 5.69 Å². The number of para-hydroxylation sites is 1. The van der Waals surface area contributed by atoms with Crippen LogP contribution < -0.4 is 5.32 Å². The van der Waals surface area contributed by atoms with Crippen molar-refractivity contribution in [3.63, 3.8) is 0 Å². The van der Waals surface area contributed by atoms with Crippen LogP contribution in [0.3, 0.4) is 0 Å². The van der Waals surface area contributed by atoms with Gasteiger partial charge in [0.25, 0.3) is 0 Å². The molecule has 3 unspecified atom stereocenters. The number of benzene rings is 1. The fourth-order valence-corrected chi connectivity index (χ4v) is 2.97. The SMILES string of the molecule is CC1CCCC(Nc2nnnn2-c2ccccc2)C1C. The topological polar surface area (TPSA) is 55.6 Å². The molecule has 1 aliphatic carbocycles. The fourth-order valence-electron chi connectivity index (χ4n) is 2.97. The normalized spacial score (nSPS) is 26.4. The molecule has 0 amide bonds. The lowest BCUT2D eigenvalue weighted by Gasteiger charge is -2.34. The van der Waals surface area contributed by atoms with E-state index in [0.29, 0.717) is 12.0 Å². The van der Waals surface area contributed by atoms with Crippen LogP contribution in [0.15, 0.2) is 30.3 Å². The quantitative estimate of drug-likeness (QED) is 0.932. The van der Waals surface area contributed by atoms with Crippen LogP contribution in [0, 0.1) is 11.8 Å². The molecule has 3 rings (SSSR count). The van der Waals surface area contributed by atoms with Crippen molar-refractivity contribution in [3.05, 3.63) is 30.3 Å². The molecule has 2 aromatic rings. The van der Waals surface area contributed by atoms with Gasteiger partial charge < -0.3 is 5.32 Å². The van der Waals surface area contributed by atoms with Crippen LogP contribution in [0.1, 0.15) is 33.1 Å². The smallest absolute Gasteiger partial charge is 0.247 e. The largest absolute Gasteiger partial charge is 0.350 e. The predicted octanol–water partition coefficient (Wildman–Crippen LogP) is 2.90. The monoisotopic (exact) mass is 271 g/mol. The molecule has 1 saturated carbocycles. The maximum absolute atomic E-state index is 4.14. The number of nitrogens with zero attached hydrogens (tertiary/aromatic N) is 4. The molecule has 1 aromatic heterocycles. The van der Waals surface area contributed by atoms with Crippen molar-refractivity contribution in [2.75, 3.05) is 5.32 Å². The van der Waals surface area contributed by atoms with Crippen LogP contribution in [0.5, 0.6) is 0 Å². The van der Waals surface area contributed by atoms with E-state index >= 15 is 0 Å². The third kappa shape index (κ3) is 2.53. The van der Waals surface area contributed by atoms with E-state index in [9.17, 15) is 0 Å². The molecule has 0 radical (unpaired) electrons. The van der Waals surface area contributed by atoms with Gasteiger partial charge >= 0.3 is 0 Å². The highest BCUT2D eigenvalue weighted by molar-refractivity contribution is 5.39. The summed E-state index contributed by atoms with van der Waals surface area (Å²) in [7, 11) is 0. The number of hydrogen-bond acceptors (Lipinski definition) is 4. The minimum absolute atomic E-state index is 0.451. The Bertz CT molecular complexity index is 550. The molecule has 0 saturated heterocycles. The van der Waals surface area contributed by atoms with Gasteiger partial charge in [0.2, 0.25) is 5.95 Å². The molecule has 20 heavy (non-hydrogen) atoms. The lowest BCUT2D eigenvalue weighted by atomic mass is 9.78. The minimum Gasteiger partial charge on any atom is -0.350 e. The minimum atomic E-state index is 0.451. The van der Waals surface area contributed by atoms with Crippen molar-refractivity contribution in [2.45, 2.75) is 39.2 Å². The molecule has 1 N–H and O–H groups in total. The zero-order chi connectivity index (χ0) is 13.9. The maximum Gasteiger partial charge on any atom is 0.247 e. The van der Waals surface area contributed by atoms with Gasteiger partial charge in [0, 0.05) is 6.04 Å². The van der Waals surface area contributed by atoms with Crippen molar-refractivity contribution < 1.29 is 0 Å². The fraction of sp³-hybridized carbons (Fsp3) is 0.533. The van der Waals surface area contributed by atoms with Gasteiger partial charge in [-0.05, 0) is 40.8 Å². The Balaban J connectivity index is 1.80. The van der Waals surface area contributed by atoms with Crippen molar-refractivity contribution in [1.29, 1.82) is 0 Å². The Morgan fingerprint density at radius 3 is 2.75 bits per heavy atom. The van der Waals surface area contributed by atoms with Gasteiger partial charge in [-0.25, -0.2) is 0 Å². The maximum atomic E-state index is 4.14. The molecule has 5 nitrogen and oxygen atoms in total. The predicted molar refractivity (Wildman–Crippen MR) is 78.7 cm³/mol. The summed E-state index contributed by atoms with van der Waals surface area (Å²) in [4.78, 5) is 0. The molecule has 1 fully saturated rings. The second-order valence-corrected chi connectivity index (χ2v) is 5.77. The third-order valence-electron chi connectivity index (χ3n) is 4.49. The van der Waals surface area contributed by atoms with Crippen LogP contribution in [-0.2, 0) is 0 Å². The highest BCUT2D eigenvalue weighted by atomic mass is 15.6. The first-order valence-electron chi connectivity index (χ1n) is 7.36. The average molecular weight is 271 g/mol. The zero-order valence-electron chi connectivity index (χ0n) is 12.0. The van der Waals surface area contributed by atoms with Crippen LogP contribution >= 0.6 is 0 Å². The van der Waals surface area contributed by atoms with E-state index in [1.807, 2.05) is 30.3 Å². The Kier molecular flexibility index (Phi) is 3.67. The number of aromatic nitrogens is 4. The van der Waals surface area contributed by atoms with Gasteiger partial charge in [0.05, 0.1) is 5.69 Å². The number of tetrazole rings is 1. The van der Waals surface area contributed by atoms with E-state index in [0.717, 1.165) is 17.6 Å². The number of anilines is 1. The Morgan fingerprint density at radius 1 is 1.15 bits per heavy atom. The molecule has 3 atom stereocenters. The van der Waals surface area contributed by atoms with E-state index in [-0.39, 0.29) is 0 Å². The standard InChI is InChI=1S/C15H21N5/c1-11-7-6-10-14(12(11)2)16-15-17-18-19-20(15)13-8-4-3-5-9-13/h3-5,8-9,11-12,14H,6-7,10H2,1-2H3,(H,16,17,19). The van der Waals surface area contributed by atoms with Gasteiger partial charge in [-0.3, -0.25) is 0 Å². The highest BCUT2D eigenvalue weighted by Gasteiger charge is 2.28. The molecule has 1 heterocycles. The van der Waals surface area contributed by atoms with Crippen LogP contribution in [0.2, 0.25) is 0 Å². The lowest BCUT2D eigenvalue weighted by Crippen LogP contribution is -2.35.